The molecule has 294 valence electrons. The van der Waals surface area contributed by atoms with E-state index in [1.165, 1.54) is 6.21 Å². The van der Waals surface area contributed by atoms with Crippen molar-refractivity contribution in [2.75, 3.05) is 37.1 Å². The number of amides is 2. The molecule has 2 amide bonds. The average molecular weight is 756 g/mol. The molecule has 1 saturated carbocycles. The first kappa shape index (κ1) is 42.2. The summed E-state index contributed by atoms with van der Waals surface area (Å²) in [5, 5.41) is 20.4. The quantitative estimate of drug-likeness (QED) is 0.0469. The van der Waals surface area contributed by atoms with E-state index in [0.29, 0.717) is 66.7 Å². The second-order valence-corrected chi connectivity index (χ2v) is 12.5. The summed E-state index contributed by atoms with van der Waals surface area (Å²) < 4.78 is 23.8. The van der Waals surface area contributed by atoms with Gasteiger partial charge in [-0.1, -0.05) is 50.0 Å². The number of pyridine rings is 1. The second-order valence-electron chi connectivity index (χ2n) is 12.5. The highest BCUT2D eigenvalue weighted by molar-refractivity contribution is 6.00. The Morgan fingerprint density at radius 1 is 0.945 bits per heavy atom. The van der Waals surface area contributed by atoms with E-state index < -0.39 is 6.03 Å². The Balaban J connectivity index is 0.00000128. The molecule has 4 heterocycles. The van der Waals surface area contributed by atoms with Gasteiger partial charge in [-0.05, 0) is 82.3 Å². The van der Waals surface area contributed by atoms with Crippen molar-refractivity contribution in [2.24, 2.45) is 0 Å². The van der Waals surface area contributed by atoms with Crippen molar-refractivity contribution in [1.82, 2.24) is 29.7 Å². The molecule has 0 unspecified atom stereocenters. The lowest BCUT2D eigenvalue weighted by molar-refractivity contribution is 0.0489. The van der Waals surface area contributed by atoms with Gasteiger partial charge in [-0.2, -0.15) is 10.1 Å². The Bertz CT molecular complexity index is 1910. The number of aromatic nitrogens is 6. The summed E-state index contributed by atoms with van der Waals surface area (Å²) >= 11 is 0. The Labute approximate surface area is 322 Å². The van der Waals surface area contributed by atoms with E-state index in [0.717, 1.165) is 68.3 Å². The predicted molar refractivity (Wildman–Crippen MR) is 211 cm³/mol. The van der Waals surface area contributed by atoms with Crippen LogP contribution < -0.4 is 10.6 Å². The van der Waals surface area contributed by atoms with Crippen LogP contribution in [0.5, 0.6) is 0 Å². The van der Waals surface area contributed by atoms with Crippen molar-refractivity contribution < 1.29 is 28.3 Å². The van der Waals surface area contributed by atoms with Gasteiger partial charge in [-0.25, -0.2) is 19.1 Å². The van der Waals surface area contributed by atoms with Crippen LogP contribution in [0.2, 0.25) is 0 Å². The van der Waals surface area contributed by atoms with E-state index in [4.69, 9.17) is 24.1 Å². The monoisotopic (exact) mass is 755 g/mol. The fourth-order valence-electron chi connectivity index (χ4n) is 5.98. The minimum Gasteiger partial charge on any atom is -0.462 e. The Hall–Kier alpha value is -5.54. The number of hydrogen-bond donors (Lipinski definition) is 3. The third kappa shape index (κ3) is 13.1. The van der Waals surface area contributed by atoms with Crippen LogP contribution in [0.3, 0.4) is 0 Å². The molecule has 1 aliphatic rings. The lowest BCUT2D eigenvalue weighted by Gasteiger charge is -2.17. The molecule has 6 rings (SSSR count). The van der Waals surface area contributed by atoms with Crippen molar-refractivity contribution in [1.29, 1.82) is 5.41 Å². The first-order valence-electron chi connectivity index (χ1n) is 19.0. The molecule has 5 aromatic rings. The van der Waals surface area contributed by atoms with Crippen molar-refractivity contribution in [2.45, 2.75) is 91.6 Å². The molecule has 0 atom stereocenters. The average Bonchev–Trinajstić information content (AvgIpc) is 4.00. The maximum Gasteiger partial charge on any atom is 0.338 e. The second kappa shape index (κ2) is 23.3. The molecule has 55 heavy (non-hydrogen) atoms. The van der Waals surface area contributed by atoms with Crippen LogP contribution >= 0.6 is 0 Å². The van der Waals surface area contributed by atoms with Gasteiger partial charge in [0.25, 0.3) is 5.89 Å². The van der Waals surface area contributed by atoms with E-state index >= 15 is 0 Å². The van der Waals surface area contributed by atoms with Crippen LogP contribution in [-0.2, 0) is 20.8 Å². The van der Waals surface area contributed by atoms with Crippen LogP contribution in [0.4, 0.5) is 16.2 Å². The van der Waals surface area contributed by atoms with Crippen molar-refractivity contribution in [3.8, 4) is 11.5 Å². The number of urea groups is 1. The van der Waals surface area contributed by atoms with E-state index in [1.54, 1.807) is 37.6 Å². The summed E-state index contributed by atoms with van der Waals surface area (Å²) in [7, 11) is 0. The molecule has 4 aromatic heterocycles. The topological polar surface area (TPSA) is 192 Å². The van der Waals surface area contributed by atoms with Crippen molar-refractivity contribution >= 4 is 35.2 Å². The fourth-order valence-corrected chi connectivity index (χ4v) is 5.98. The molecule has 15 nitrogen and oxygen atoms in total. The van der Waals surface area contributed by atoms with E-state index in [1.807, 2.05) is 55.6 Å². The normalized spacial score (nSPS) is 12.3. The van der Waals surface area contributed by atoms with Crippen molar-refractivity contribution in [3.05, 3.63) is 83.8 Å². The van der Waals surface area contributed by atoms with Crippen LogP contribution in [0.15, 0.2) is 65.6 Å². The van der Waals surface area contributed by atoms with Gasteiger partial charge in [-0.3, -0.25) is 4.98 Å². The van der Waals surface area contributed by atoms with Crippen molar-refractivity contribution in [3.63, 3.8) is 0 Å². The van der Waals surface area contributed by atoms with Gasteiger partial charge >= 0.3 is 12.0 Å². The number of nitrogens with one attached hydrogen (secondary N) is 3. The maximum absolute atomic E-state index is 13.0. The molecule has 1 aliphatic carbocycles. The Kier molecular flexibility index (Phi) is 17.9. The summed E-state index contributed by atoms with van der Waals surface area (Å²) in [5.74, 6) is 0.714. The van der Waals surface area contributed by atoms with Crippen LogP contribution in [0, 0.1) is 12.3 Å². The highest BCUT2D eigenvalue weighted by Crippen LogP contribution is 2.37. The number of benzene rings is 1. The Morgan fingerprint density at radius 3 is 2.44 bits per heavy atom. The number of aryl methyl sites for hydroxylation is 1. The third-order valence-corrected chi connectivity index (χ3v) is 8.44. The molecule has 1 aromatic carbocycles. The first-order valence-corrected chi connectivity index (χ1v) is 19.0. The minimum absolute atomic E-state index is 0.176. The molecular formula is C40H53N9O6. The van der Waals surface area contributed by atoms with E-state index in [9.17, 15) is 9.59 Å². The van der Waals surface area contributed by atoms with Gasteiger partial charge in [0.2, 0.25) is 5.82 Å². The number of ether oxygens (including phenoxy) is 3. The molecule has 0 spiro atoms. The van der Waals surface area contributed by atoms with Gasteiger partial charge < -0.3 is 34.8 Å². The largest absolute Gasteiger partial charge is 0.462 e. The SMILES string of the molecule is CC.CC=N.Cc1cc(NC(=O)Nc2cnc3ccnn3c2C2CCCC2)cnc1-c1noc(COCCCOCCCCCOC(=O)c2ccccc2)n1. The molecule has 0 radical (unpaired) electrons. The molecule has 0 aliphatic heterocycles. The standard InChI is InChI=1S/C36H42N8O6.C2H5N.C2H6/c1-25-21-28(40-36(46)41-29-23-37-30-15-16-39-44(30)33(29)26-11-6-7-12-26)22-38-32(25)34-42-31(50-43-34)24-48-19-10-18-47-17-8-3-9-20-49-35(45)27-13-4-2-5-14-27;1-2-3;1-2/h2,4-5,13-16,21-23,26H,3,6-12,17-20,24H2,1H3,(H2,40,41,46);2-3H,1H3;1-2H3. The summed E-state index contributed by atoms with van der Waals surface area (Å²) in [6.07, 6.45) is 14.0. The highest BCUT2D eigenvalue weighted by atomic mass is 16.5. The first-order chi connectivity index (χ1) is 27.0. The predicted octanol–water partition coefficient (Wildman–Crippen LogP) is 8.42. The number of fused-ring (bicyclic) bond motifs is 1. The smallest absolute Gasteiger partial charge is 0.338 e. The summed E-state index contributed by atoms with van der Waals surface area (Å²) in [6, 6.07) is 12.3. The minimum atomic E-state index is -0.394. The number of unbranched alkanes of at least 4 members (excludes halogenated alkanes) is 2. The molecule has 15 heteroatoms. The van der Waals surface area contributed by atoms with E-state index in [2.05, 4.69) is 35.8 Å². The maximum atomic E-state index is 13.0. The number of hydrogen-bond acceptors (Lipinski definition) is 12. The third-order valence-electron chi connectivity index (χ3n) is 8.44. The van der Waals surface area contributed by atoms with Gasteiger partial charge in [0.05, 0.1) is 47.8 Å². The molecule has 0 saturated heterocycles. The summed E-state index contributed by atoms with van der Waals surface area (Å²) in [6.45, 7) is 9.83. The Morgan fingerprint density at radius 2 is 1.67 bits per heavy atom. The number of carbonyl (C=O) groups is 2. The number of nitrogens with zero attached hydrogens (tertiary/aromatic N) is 6. The number of anilines is 2. The lowest BCUT2D eigenvalue weighted by atomic mass is 10.0. The number of carbonyl (C=O) groups excluding carboxylic acids is 2. The van der Waals surface area contributed by atoms with Crippen LogP contribution in [0.1, 0.15) is 106 Å². The van der Waals surface area contributed by atoms with Gasteiger partial charge in [0.1, 0.15) is 12.3 Å². The zero-order valence-electron chi connectivity index (χ0n) is 32.3. The van der Waals surface area contributed by atoms with Gasteiger partial charge in [-0.15, -0.1) is 0 Å². The number of rotatable bonds is 17. The molecule has 0 bridgehead atoms. The van der Waals surface area contributed by atoms with Gasteiger partial charge in [0, 0.05) is 31.8 Å². The summed E-state index contributed by atoms with van der Waals surface area (Å²) in [5.41, 5.74) is 4.80. The molecule has 3 N–H and O–H groups in total. The molecular weight excluding hydrogens is 702 g/mol. The lowest BCUT2D eigenvalue weighted by Crippen LogP contribution is -2.22. The number of esters is 1. The molecule has 1 fully saturated rings. The van der Waals surface area contributed by atoms with E-state index in [-0.39, 0.29) is 12.6 Å². The van der Waals surface area contributed by atoms with Gasteiger partial charge in [0.15, 0.2) is 5.65 Å². The summed E-state index contributed by atoms with van der Waals surface area (Å²) in [4.78, 5) is 38.3. The van der Waals surface area contributed by atoms with Crippen LogP contribution in [-0.4, -0.2) is 74.4 Å². The fraction of sp³-hybridized carbons (Fsp3) is 0.450. The highest BCUT2D eigenvalue weighted by Gasteiger charge is 2.25. The zero-order valence-corrected chi connectivity index (χ0v) is 32.3. The van der Waals surface area contributed by atoms with Crippen LogP contribution in [0.25, 0.3) is 17.2 Å². The zero-order chi connectivity index (χ0) is 39.3.